The van der Waals surface area contributed by atoms with Crippen LogP contribution in [0, 0.1) is 6.92 Å². The number of nitrogens with one attached hydrogen (secondary N) is 1. The fraction of sp³-hybridized carbons (Fsp3) is 0.167. The summed E-state index contributed by atoms with van der Waals surface area (Å²) in [6, 6.07) is 7.71. The molecule has 3 N–H and O–H groups in total. The molecule has 5 heteroatoms. The topological polar surface area (TPSA) is 64.1 Å². The summed E-state index contributed by atoms with van der Waals surface area (Å²) in [5.41, 5.74) is 8.56. The molecular weight excluding hydrogens is 234 g/mol. The fourth-order valence-electron chi connectivity index (χ4n) is 1.53. The first kappa shape index (κ1) is 11.6. The minimum atomic E-state index is 0.380. The number of benzene rings is 1. The second-order valence-corrected chi connectivity index (χ2v) is 4.19. The predicted molar refractivity (Wildman–Crippen MR) is 70.9 cm³/mol. The van der Waals surface area contributed by atoms with Gasteiger partial charge in [-0.2, -0.15) is 0 Å². The van der Waals surface area contributed by atoms with Crippen molar-refractivity contribution in [2.75, 3.05) is 5.32 Å². The molecule has 0 spiro atoms. The van der Waals surface area contributed by atoms with Gasteiger partial charge in [0.25, 0.3) is 0 Å². The average molecular weight is 247 g/mol. The molecule has 0 unspecified atom stereocenters. The first-order valence-corrected chi connectivity index (χ1v) is 5.61. The minimum Gasteiger partial charge on any atom is -0.389 e. The highest BCUT2D eigenvalue weighted by atomic mass is 32.1. The van der Waals surface area contributed by atoms with Crippen LogP contribution < -0.4 is 11.1 Å². The lowest BCUT2D eigenvalue weighted by Crippen LogP contribution is -2.13. The van der Waals surface area contributed by atoms with Gasteiger partial charge in [0.2, 0.25) is 0 Å². The van der Waals surface area contributed by atoms with E-state index >= 15 is 0 Å². The van der Waals surface area contributed by atoms with E-state index < -0.39 is 0 Å². The molecule has 0 saturated heterocycles. The molecule has 0 aliphatic carbocycles. The van der Waals surface area contributed by atoms with Crippen molar-refractivity contribution in [1.82, 2.24) is 5.16 Å². The number of hydrogen-bond acceptors (Lipinski definition) is 4. The lowest BCUT2D eigenvalue weighted by Gasteiger charge is -2.10. The van der Waals surface area contributed by atoms with E-state index in [9.17, 15) is 0 Å². The molecule has 0 radical (unpaired) electrons. The van der Waals surface area contributed by atoms with Crippen LogP contribution in [0.1, 0.15) is 16.9 Å². The Labute approximate surface area is 105 Å². The van der Waals surface area contributed by atoms with Crippen molar-refractivity contribution in [3.05, 3.63) is 47.3 Å². The molecule has 2 rings (SSSR count). The maximum Gasteiger partial charge on any atom is 0.155 e. The number of anilines is 1. The van der Waals surface area contributed by atoms with E-state index in [1.54, 1.807) is 6.20 Å². The summed E-state index contributed by atoms with van der Waals surface area (Å²) in [7, 11) is 0. The third-order valence-corrected chi connectivity index (χ3v) is 2.60. The zero-order valence-corrected chi connectivity index (χ0v) is 10.3. The zero-order chi connectivity index (χ0) is 12.3. The van der Waals surface area contributed by atoms with Crippen molar-refractivity contribution >= 4 is 22.9 Å². The Morgan fingerprint density at radius 1 is 1.47 bits per heavy atom. The molecule has 0 amide bonds. The molecule has 0 fully saturated rings. The van der Waals surface area contributed by atoms with Crippen LogP contribution in [0.15, 0.2) is 35.0 Å². The Bertz CT molecular complexity index is 523. The third kappa shape index (κ3) is 2.82. The quantitative estimate of drug-likeness (QED) is 0.811. The van der Waals surface area contributed by atoms with Gasteiger partial charge in [-0.25, -0.2) is 0 Å². The van der Waals surface area contributed by atoms with E-state index in [1.165, 1.54) is 0 Å². The molecule has 1 heterocycles. The number of nitrogens with two attached hydrogens (primary N) is 1. The summed E-state index contributed by atoms with van der Waals surface area (Å²) in [6.45, 7) is 2.57. The first-order valence-electron chi connectivity index (χ1n) is 5.20. The number of rotatable bonds is 4. The summed E-state index contributed by atoms with van der Waals surface area (Å²) >= 11 is 5.01. The summed E-state index contributed by atoms with van der Waals surface area (Å²) < 4.78 is 5.01. The highest BCUT2D eigenvalue weighted by Crippen LogP contribution is 2.18. The Balaban J connectivity index is 2.19. The average Bonchev–Trinajstić information content (AvgIpc) is 2.78. The van der Waals surface area contributed by atoms with Crippen molar-refractivity contribution in [3.8, 4) is 0 Å². The van der Waals surface area contributed by atoms with E-state index in [-0.39, 0.29) is 0 Å². The Kier molecular flexibility index (Phi) is 3.39. The van der Waals surface area contributed by atoms with Crippen LogP contribution in [0.4, 0.5) is 5.69 Å². The SMILES string of the molecule is Cc1ccc(C(N)=S)c(NCc2ccno2)c1. The van der Waals surface area contributed by atoms with Gasteiger partial charge in [-0.1, -0.05) is 23.4 Å². The Hall–Kier alpha value is -1.88. The summed E-state index contributed by atoms with van der Waals surface area (Å²) in [4.78, 5) is 0.380. The van der Waals surface area contributed by atoms with Gasteiger partial charge >= 0.3 is 0 Å². The van der Waals surface area contributed by atoms with Crippen LogP contribution in [-0.4, -0.2) is 10.1 Å². The molecule has 2 aromatic rings. The zero-order valence-electron chi connectivity index (χ0n) is 9.43. The van der Waals surface area contributed by atoms with E-state index in [4.69, 9.17) is 22.5 Å². The standard InChI is InChI=1S/C12H13N3OS/c1-8-2-3-10(12(13)17)11(6-8)14-7-9-4-5-15-16-9/h2-6,14H,7H2,1H3,(H2,13,17). The molecule has 0 aliphatic rings. The van der Waals surface area contributed by atoms with Gasteiger partial charge in [0.05, 0.1) is 12.7 Å². The predicted octanol–water partition coefficient (Wildman–Crippen LogP) is 2.23. The van der Waals surface area contributed by atoms with Crippen LogP contribution in [0.25, 0.3) is 0 Å². The fourth-order valence-corrected chi connectivity index (χ4v) is 1.71. The van der Waals surface area contributed by atoms with E-state index in [2.05, 4.69) is 10.5 Å². The number of hydrogen-bond donors (Lipinski definition) is 2. The third-order valence-electron chi connectivity index (χ3n) is 2.38. The van der Waals surface area contributed by atoms with Crippen molar-refractivity contribution in [1.29, 1.82) is 0 Å². The molecule has 0 bridgehead atoms. The van der Waals surface area contributed by atoms with E-state index in [0.717, 1.165) is 22.6 Å². The number of nitrogens with zero attached hydrogens (tertiary/aromatic N) is 1. The largest absolute Gasteiger partial charge is 0.389 e. The van der Waals surface area contributed by atoms with Gasteiger partial charge in [-0.15, -0.1) is 0 Å². The minimum absolute atomic E-state index is 0.380. The van der Waals surface area contributed by atoms with Crippen molar-refractivity contribution in [3.63, 3.8) is 0 Å². The van der Waals surface area contributed by atoms with Gasteiger partial charge in [0.1, 0.15) is 4.99 Å². The number of thiocarbonyl (C=S) groups is 1. The van der Waals surface area contributed by atoms with Crippen molar-refractivity contribution < 1.29 is 4.52 Å². The van der Waals surface area contributed by atoms with Gasteiger partial charge in [-0.05, 0) is 24.6 Å². The molecule has 0 aliphatic heterocycles. The second kappa shape index (κ2) is 4.97. The van der Waals surface area contributed by atoms with Crippen molar-refractivity contribution in [2.24, 2.45) is 5.73 Å². The van der Waals surface area contributed by atoms with E-state index in [0.29, 0.717) is 11.5 Å². The molecule has 17 heavy (non-hydrogen) atoms. The van der Waals surface area contributed by atoms with Crippen LogP contribution in [0.5, 0.6) is 0 Å². The van der Waals surface area contributed by atoms with Crippen LogP contribution in [0.2, 0.25) is 0 Å². The molecule has 4 nitrogen and oxygen atoms in total. The molecule has 0 atom stereocenters. The Morgan fingerprint density at radius 2 is 2.29 bits per heavy atom. The lowest BCUT2D eigenvalue weighted by atomic mass is 10.1. The van der Waals surface area contributed by atoms with Crippen molar-refractivity contribution in [2.45, 2.75) is 13.5 Å². The Morgan fingerprint density at radius 3 is 2.94 bits per heavy atom. The molecule has 88 valence electrons. The summed E-state index contributed by atoms with van der Waals surface area (Å²) in [5.74, 6) is 0.764. The maximum absolute atomic E-state index is 5.67. The smallest absolute Gasteiger partial charge is 0.155 e. The molecular formula is C12H13N3OS. The number of aryl methyl sites for hydroxylation is 1. The van der Waals surface area contributed by atoms with E-state index in [1.807, 2.05) is 31.2 Å². The van der Waals surface area contributed by atoms with Crippen LogP contribution in [-0.2, 0) is 6.54 Å². The summed E-state index contributed by atoms with van der Waals surface area (Å²) in [5, 5.41) is 6.88. The highest BCUT2D eigenvalue weighted by molar-refractivity contribution is 7.80. The molecule has 0 saturated carbocycles. The molecule has 1 aromatic heterocycles. The van der Waals surface area contributed by atoms with Crippen LogP contribution >= 0.6 is 12.2 Å². The molecule has 1 aromatic carbocycles. The van der Waals surface area contributed by atoms with Gasteiger partial charge < -0.3 is 15.6 Å². The monoisotopic (exact) mass is 247 g/mol. The van der Waals surface area contributed by atoms with Crippen LogP contribution in [0.3, 0.4) is 0 Å². The lowest BCUT2D eigenvalue weighted by molar-refractivity contribution is 0.388. The van der Waals surface area contributed by atoms with Gasteiger partial charge in [0, 0.05) is 17.3 Å². The number of aromatic nitrogens is 1. The van der Waals surface area contributed by atoms with Gasteiger partial charge in [-0.3, -0.25) is 0 Å². The highest BCUT2D eigenvalue weighted by Gasteiger charge is 2.06. The second-order valence-electron chi connectivity index (χ2n) is 3.75. The maximum atomic E-state index is 5.67. The normalized spacial score (nSPS) is 10.2. The summed E-state index contributed by atoms with van der Waals surface area (Å²) in [6.07, 6.45) is 1.61. The first-order chi connectivity index (χ1) is 8.16. The van der Waals surface area contributed by atoms with Gasteiger partial charge in [0.15, 0.2) is 5.76 Å².